The minimum Gasteiger partial charge on any atom is -2.00 e. The second kappa shape index (κ2) is 112. The Hall–Kier alpha value is 5.28. The average Bonchev–Trinajstić information content (AvgIpc) is 0. The van der Waals surface area contributed by atoms with E-state index in [0.717, 1.165) is 0 Å². The van der Waals surface area contributed by atoms with Gasteiger partial charge in [0, 0.05) is 71.2 Å². The molecule has 0 rings (SSSR count). The molecule has 2 radical (unpaired) electrons. The van der Waals surface area contributed by atoms with Crippen LogP contribution in [0, 0.1) is 0 Å². The Kier molecular flexibility index (Phi) is 1390. The summed E-state index contributed by atoms with van der Waals surface area (Å²) in [5.74, 6) is 0. The van der Waals surface area contributed by atoms with Crippen LogP contribution in [0.5, 0.6) is 0 Å². The summed E-state index contributed by atoms with van der Waals surface area (Å²) in [4.78, 5) is 0. The van der Waals surface area contributed by atoms with E-state index in [4.69, 9.17) is 0 Å². The van der Waals surface area contributed by atoms with Gasteiger partial charge in [-0.1, -0.05) is 0 Å². The van der Waals surface area contributed by atoms with Crippen LogP contribution in [0.15, 0.2) is 0 Å². The van der Waals surface area contributed by atoms with E-state index in [1.54, 1.807) is 0 Å². The fourth-order valence-electron chi connectivity index (χ4n) is 0. The van der Waals surface area contributed by atoms with Crippen molar-refractivity contribution in [1.82, 2.24) is 0 Å². The van der Waals surface area contributed by atoms with Gasteiger partial charge in [-0.3, -0.25) is 0 Å². The van der Waals surface area contributed by atoms with Crippen LogP contribution in [-0.2, 0) is 98.6 Å². The van der Waals surface area contributed by atoms with Gasteiger partial charge in [0.25, 0.3) is 0 Å². The predicted octanol–water partition coefficient (Wildman–Crippen LogP) is -6.37. The molecule has 0 heterocycles. The van der Waals surface area contributed by atoms with Crippen molar-refractivity contribution in [3.63, 3.8) is 0 Å². The van der Waals surface area contributed by atoms with Gasteiger partial charge in [-0.15, -0.1) is 0 Å². The van der Waals surface area contributed by atoms with Crippen LogP contribution in [0.25, 0.3) is 0 Å². The summed E-state index contributed by atoms with van der Waals surface area (Å²) in [7, 11) is 0. The molecule has 0 unspecified atom stereocenters. The zero-order chi connectivity index (χ0) is 0. The summed E-state index contributed by atoms with van der Waals surface area (Å²) >= 11 is 0. The van der Waals surface area contributed by atoms with Crippen LogP contribution in [0.3, 0.4) is 0 Å². The van der Waals surface area contributed by atoms with E-state index in [0.29, 0.717) is 0 Å². The Morgan fingerprint density at radius 1 is 0.455 bits per heavy atom. The second-order valence-electron chi connectivity index (χ2n) is 0. The fourth-order valence-corrected chi connectivity index (χ4v) is 0. The molecule has 11 heavy (non-hydrogen) atoms. The number of hydrogen-bond donors (Lipinski definition) is 0. The van der Waals surface area contributed by atoms with E-state index in [9.17, 15) is 0 Å². The first-order chi connectivity index (χ1) is 0. The molecular formula is H2Fe2K2O5V2-10. The molecule has 0 saturated heterocycles. The van der Waals surface area contributed by atoms with Crippen LogP contribution in [0.4, 0.5) is 0 Å². The monoisotopic (exact) mass is 374 g/mol. The Labute approximate surface area is 199 Å². The summed E-state index contributed by atoms with van der Waals surface area (Å²) in [6, 6.07) is 0. The molecule has 0 atom stereocenters. The maximum Gasteiger partial charge on any atom is 1.00 e. The molecule has 0 bridgehead atoms. The quantitative estimate of drug-likeness (QED) is 0.372. The van der Waals surface area contributed by atoms with Crippen molar-refractivity contribution in [2.24, 2.45) is 0 Å². The molecule has 0 aliphatic carbocycles. The molecule has 0 amide bonds. The van der Waals surface area contributed by atoms with Crippen LogP contribution in [-0.4, -0.2) is 0 Å². The molecule has 0 aromatic heterocycles. The van der Waals surface area contributed by atoms with E-state index in [1.807, 2.05) is 0 Å². The smallest absolute Gasteiger partial charge is 1.00 e. The molecule has 0 aromatic rings. The maximum atomic E-state index is 0. The van der Waals surface area contributed by atoms with E-state index >= 15 is 0 Å². The zero-order valence-electron chi connectivity index (χ0n) is 7.64. The van der Waals surface area contributed by atoms with Crippen molar-refractivity contribution in [3.05, 3.63) is 0 Å². The van der Waals surface area contributed by atoms with Gasteiger partial charge >= 0.3 is 103 Å². The molecule has 5 nitrogen and oxygen atoms in total. The predicted molar refractivity (Wildman–Crippen MR) is 5.66 cm³/mol. The van der Waals surface area contributed by atoms with Gasteiger partial charge in [-0.05, 0) is 0 Å². The summed E-state index contributed by atoms with van der Waals surface area (Å²) in [6.07, 6.45) is 0. The maximum absolute atomic E-state index is 0. The SMILES string of the molecule is [Fe].[Fe].[H-].[H-].[K+].[K+].[O-2].[O-2].[O-2].[O-2].[O-2].[V].[V]. The number of rotatable bonds is 0. The van der Waals surface area contributed by atoms with Gasteiger partial charge in [0.05, 0.1) is 0 Å². The summed E-state index contributed by atoms with van der Waals surface area (Å²) < 4.78 is 0. The van der Waals surface area contributed by atoms with E-state index in [2.05, 4.69) is 0 Å². The first-order valence-corrected chi connectivity index (χ1v) is 0. The van der Waals surface area contributed by atoms with E-state index in [1.165, 1.54) is 0 Å². The summed E-state index contributed by atoms with van der Waals surface area (Å²) in [5.41, 5.74) is 0. The Bertz CT molecular complexity index is 28.5. The third kappa shape index (κ3) is 96.7. The first kappa shape index (κ1) is 136. The molecule has 0 saturated carbocycles. The third-order valence-electron chi connectivity index (χ3n) is 0. The molecule has 0 aliphatic rings. The topological polar surface area (TPSA) is 142 Å². The van der Waals surface area contributed by atoms with Crippen LogP contribution < -0.4 is 103 Å². The second-order valence-corrected chi connectivity index (χ2v) is 0. The van der Waals surface area contributed by atoms with Crippen molar-refractivity contribution >= 4 is 0 Å². The summed E-state index contributed by atoms with van der Waals surface area (Å²) in [5, 5.41) is 0. The molecular weight excluding hydrogens is 372 g/mol. The minimum atomic E-state index is 0. The van der Waals surface area contributed by atoms with Gasteiger partial charge in [0.1, 0.15) is 0 Å². The largest absolute Gasteiger partial charge is 2.00 e. The minimum absolute atomic E-state index is 0. The molecule has 0 N–H and O–H groups in total. The van der Waals surface area contributed by atoms with E-state index < -0.39 is 0 Å². The normalized spacial score (nSPS) is 0. The third-order valence-corrected chi connectivity index (χ3v) is 0. The molecule has 70 valence electrons. The van der Waals surface area contributed by atoms with Gasteiger partial charge < -0.3 is 30.2 Å². The first-order valence-electron chi connectivity index (χ1n) is 0. The average molecular weight is 374 g/mol. The van der Waals surface area contributed by atoms with Crippen molar-refractivity contribution in [2.75, 3.05) is 0 Å². The van der Waals surface area contributed by atoms with Crippen molar-refractivity contribution in [3.8, 4) is 0 Å². The van der Waals surface area contributed by atoms with Gasteiger partial charge in [0.15, 0.2) is 0 Å². The van der Waals surface area contributed by atoms with Gasteiger partial charge in [-0.2, -0.15) is 0 Å². The van der Waals surface area contributed by atoms with Gasteiger partial charge in [0.2, 0.25) is 0 Å². The zero-order valence-corrected chi connectivity index (χ0v) is 16.9. The fraction of sp³-hybridized carbons (Fsp3) is 0. The molecule has 11 heteroatoms. The van der Waals surface area contributed by atoms with Crippen molar-refractivity contribution in [1.29, 1.82) is 0 Å². The van der Waals surface area contributed by atoms with Crippen molar-refractivity contribution < 1.29 is 204 Å². The Balaban J connectivity index is 0. The Morgan fingerprint density at radius 3 is 0.455 bits per heavy atom. The number of hydrogen-bond acceptors (Lipinski definition) is 0. The standard InChI is InChI=1S/2Fe.2K.5O.2V.2H/q;;2*+1;5*-2;;;2*-1. The molecule has 0 aliphatic heterocycles. The molecule has 0 fully saturated rings. The van der Waals surface area contributed by atoms with Crippen LogP contribution in [0.2, 0.25) is 0 Å². The van der Waals surface area contributed by atoms with Crippen molar-refractivity contribution in [2.45, 2.75) is 0 Å². The van der Waals surface area contributed by atoms with Crippen LogP contribution >= 0.6 is 0 Å². The van der Waals surface area contributed by atoms with Gasteiger partial charge in [-0.25, -0.2) is 0 Å². The Morgan fingerprint density at radius 2 is 0.455 bits per heavy atom. The summed E-state index contributed by atoms with van der Waals surface area (Å²) in [6.45, 7) is 0. The molecule has 0 aromatic carbocycles. The van der Waals surface area contributed by atoms with E-state index in [-0.39, 0.29) is 204 Å². The molecule has 0 spiro atoms. The van der Waals surface area contributed by atoms with Crippen LogP contribution in [0.1, 0.15) is 2.85 Å².